The second-order valence-electron chi connectivity index (χ2n) is 1.57. The highest BCUT2D eigenvalue weighted by Gasteiger charge is 2.06. The molecule has 0 aromatic carbocycles. The maximum Gasteiger partial charge on any atom is 0.120 e. The normalized spacial score (nSPS) is 13.6. The molecule has 0 radical (unpaired) electrons. The summed E-state index contributed by atoms with van der Waals surface area (Å²) in [4.78, 5) is 4.26. The van der Waals surface area contributed by atoms with E-state index < -0.39 is 12.8 Å². The lowest BCUT2D eigenvalue weighted by molar-refractivity contribution is 0.145. The molecule has 1 rings (SSSR count). The third-order valence-corrected chi connectivity index (χ3v) is 1.80. The molecule has 0 aliphatic heterocycles. The number of aliphatic hydroxyl groups excluding tert-OH is 1. The maximum atomic E-state index is 11.7. The van der Waals surface area contributed by atoms with Crippen molar-refractivity contribution in [1.82, 2.24) is 4.98 Å². The molecule has 2 nitrogen and oxygen atoms in total. The Morgan fingerprint density at radius 1 is 1.89 bits per heavy atom. The molecule has 1 atom stereocenters. The summed E-state index contributed by atoms with van der Waals surface area (Å²) >= 11 is 1.25. The number of halogens is 1. The highest BCUT2D eigenvalue weighted by molar-refractivity contribution is 7.09. The Hall–Kier alpha value is -0.480. The lowest BCUT2D eigenvalue weighted by Gasteiger charge is -1.97. The van der Waals surface area contributed by atoms with Crippen LogP contribution in [-0.4, -0.2) is 16.8 Å². The van der Waals surface area contributed by atoms with Crippen LogP contribution in [0.3, 0.4) is 0 Å². The van der Waals surface area contributed by atoms with E-state index >= 15 is 0 Å². The van der Waals surface area contributed by atoms with Crippen LogP contribution in [0, 0.1) is 0 Å². The molecule has 0 aliphatic carbocycles. The highest BCUT2D eigenvalue weighted by atomic mass is 32.1. The molecular weight excluding hydrogens is 141 g/mol. The predicted octanol–water partition coefficient (Wildman–Crippen LogP) is 1.15. The van der Waals surface area contributed by atoms with Crippen molar-refractivity contribution in [3.8, 4) is 0 Å². The van der Waals surface area contributed by atoms with E-state index in [1.54, 1.807) is 5.51 Å². The lowest BCUT2D eigenvalue weighted by Crippen LogP contribution is -1.94. The monoisotopic (exact) mass is 147 g/mol. The summed E-state index contributed by atoms with van der Waals surface area (Å²) in [5.74, 6) is 0. The summed E-state index contributed by atoms with van der Waals surface area (Å²) in [6.07, 6.45) is 0.493. The van der Waals surface area contributed by atoms with Crippen LogP contribution in [0.1, 0.15) is 11.0 Å². The van der Waals surface area contributed by atoms with Crippen LogP contribution in [-0.2, 0) is 0 Å². The van der Waals surface area contributed by atoms with E-state index in [1.807, 2.05) is 0 Å². The van der Waals surface area contributed by atoms with Crippen molar-refractivity contribution < 1.29 is 9.50 Å². The van der Waals surface area contributed by atoms with Crippen LogP contribution in [0.5, 0.6) is 0 Å². The second-order valence-corrected chi connectivity index (χ2v) is 2.49. The Kier molecular flexibility index (Phi) is 2.13. The van der Waals surface area contributed by atoms with Crippen molar-refractivity contribution in [2.45, 2.75) is 6.10 Å². The van der Waals surface area contributed by atoms with Crippen LogP contribution >= 0.6 is 11.3 Å². The van der Waals surface area contributed by atoms with Crippen LogP contribution in [0.4, 0.5) is 4.39 Å². The molecule has 1 N–H and O–H groups in total. The Morgan fingerprint density at radius 2 is 2.67 bits per heavy atom. The van der Waals surface area contributed by atoms with Gasteiger partial charge in [-0.05, 0) is 0 Å². The summed E-state index contributed by atoms with van der Waals surface area (Å²) in [6.45, 7) is -0.734. The first-order chi connectivity index (χ1) is 4.34. The molecule has 0 aliphatic rings. The Balaban J connectivity index is 2.65. The van der Waals surface area contributed by atoms with Gasteiger partial charge in [-0.25, -0.2) is 4.39 Å². The summed E-state index contributed by atoms with van der Waals surface area (Å²) in [5.41, 5.74) is 1.56. The number of hydrogen-bond donors (Lipinski definition) is 1. The van der Waals surface area contributed by atoms with Gasteiger partial charge < -0.3 is 5.11 Å². The van der Waals surface area contributed by atoms with E-state index in [4.69, 9.17) is 5.11 Å². The molecule has 4 heteroatoms. The molecule has 1 heterocycles. The minimum Gasteiger partial charge on any atom is -0.385 e. The van der Waals surface area contributed by atoms with E-state index in [0.29, 0.717) is 4.88 Å². The first-order valence-electron chi connectivity index (χ1n) is 2.47. The number of hydrogen-bond acceptors (Lipinski definition) is 3. The third kappa shape index (κ3) is 1.46. The van der Waals surface area contributed by atoms with Gasteiger partial charge in [-0.1, -0.05) is 0 Å². The van der Waals surface area contributed by atoms with Crippen molar-refractivity contribution in [3.05, 3.63) is 16.6 Å². The number of rotatable bonds is 2. The molecule has 0 amide bonds. The van der Waals surface area contributed by atoms with Gasteiger partial charge in [0.05, 0.1) is 10.4 Å². The van der Waals surface area contributed by atoms with Crippen LogP contribution in [0.25, 0.3) is 0 Å². The minimum atomic E-state index is -0.975. The molecule has 9 heavy (non-hydrogen) atoms. The number of nitrogens with zero attached hydrogens (tertiary/aromatic N) is 1. The molecule has 0 spiro atoms. The first kappa shape index (κ1) is 6.64. The van der Waals surface area contributed by atoms with E-state index in [1.165, 1.54) is 17.5 Å². The molecule has 0 saturated carbocycles. The van der Waals surface area contributed by atoms with E-state index in [9.17, 15) is 4.39 Å². The zero-order valence-corrected chi connectivity index (χ0v) is 5.44. The zero-order valence-electron chi connectivity index (χ0n) is 4.62. The van der Waals surface area contributed by atoms with Crippen LogP contribution in [0.2, 0.25) is 0 Å². The molecular formula is C5H6FNOS. The Labute approximate surface area is 56.0 Å². The molecule has 50 valence electrons. The fourth-order valence-corrected chi connectivity index (χ4v) is 1.05. The van der Waals surface area contributed by atoms with Gasteiger partial charge in [-0.3, -0.25) is 4.98 Å². The fraction of sp³-hybridized carbons (Fsp3) is 0.400. The second kappa shape index (κ2) is 2.89. The van der Waals surface area contributed by atoms with Gasteiger partial charge in [0.1, 0.15) is 12.8 Å². The summed E-state index contributed by atoms with van der Waals surface area (Å²) < 4.78 is 11.7. The average Bonchev–Trinajstić information content (AvgIpc) is 2.37. The first-order valence-corrected chi connectivity index (χ1v) is 3.35. The highest BCUT2D eigenvalue weighted by Crippen LogP contribution is 2.16. The largest absolute Gasteiger partial charge is 0.385 e. The number of aromatic nitrogens is 1. The fourth-order valence-electron chi connectivity index (χ4n) is 0.466. The summed E-state index contributed by atoms with van der Waals surface area (Å²) in [5, 5.41) is 8.81. The van der Waals surface area contributed by atoms with Gasteiger partial charge in [0.2, 0.25) is 0 Å². The van der Waals surface area contributed by atoms with Crippen molar-refractivity contribution in [2.75, 3.05) is 6.67 Å². The van der Waals surface area contributed by atoms with Gasteiger partial charge in [0, 0.05) is 6.20 Å². The van der Waals surface area contributed by atoms with E-state index in [0.717, 1.165) is 0 Å². The van der Waals surface area contributed by atoms with Crippen LogP contribution in [0.15, 0.2) is 11.7 Å². The zero-order chi connectivity index (χ0) is 6.69. The van der Waals surface area contributed by atoms with Crippen LogP contribution < -0.4 is 0 Å². The van der Waals surface area contributed by atoms with Crippen molar-refractivity contribution >= 4 is 11.3 Å². The molecule has 0 saturated heterocycles. The molecule has 1 aromatic heterocycles. The standard InChI is InChI=1S/C5H6FNOS/c6-1-4(8)5-2-7-3-9-5/h2-4,8H,1H2. The number of aliphatic hydroxyl groups is 1. The SMILES string of the molecule is OC(CF)c1cncs1. The average molecular weight is 147 g/mol. The van der Waals surface area contributed by atoms with Crippen molar-refractivity contribution in [1.29, 1.82) is 0 Å². The predicted molar refractivity (Wildman–Crippen MR) is 33.0 cm³/mol. The number of alkyl halides is 1. The summed E-state index contributed by atoms with van der Waals surface area (Å²) in [6, 6.07) is 0. The van der Waals surface area contributed by atoms with E-state index in [2.05, 4.69) is 4.98 Å². The maximum absolute atomic E-state index is 11.7. The molecule has 0 fully saturated rings. The lowest BCUT2D eigenvalue weighted by atomic mass is 10.3. The third-order valence-electron chi connectivity index (χ3n) is 0.926. The van der Waals surface area contributed by atoms with Crippen molar-refractivity contribution in [2.24, 2.45) is 0 Å². The topological polar surface area (TPSA) is 33.1 Å². The molecule has 0 bridgehead atoms. The summed E-state index contributed by atoms with van der Waals surface area (Å²) in [7, 11) is 0. The van der Waals surface area contributed by atoms with Gasteiger partial charge in [-0.2, -0.15) is 0 Å². The smallest absolute Gasteiger partial charge is 0.120 e. The molecule has 1 unspecified atom stereocenters. The van der Waals surface area contributed by atoms with Gasteiger partial charge >= 0.3 is 0 Å². The number of thiazole rings is 1. The van der Waals surface area contributed by atoms with Gasteiger partial charge in [-0.15, -0.1) is 11.3 Å². The van der Waals surface area contributed by atoms with E-state index in [-0.39, 0.29) is 0 Å². The Bertz CT molecular complexity index is 165. The molecule has 1 aromatic rings. The Morgan fingerprint density at radius 3 is 3.11 bits per heavy atom. The van der Waals surface area contributed by atoms with Gasteiger partial charge in [0.15, 0.2) is 0 Å². The van der Waals surface area contributed by atoms with Crippen molar-refractivity contribution in [3.63, 3.8) is 0 Å². The minimum absolute atomic E-state index is 0.581. The van der Waals surface area contributed by atoms with Gasteiger partial charge in [0.25, 0.3) is 0 Å². The quantitative estimate of drug-likeness (QED) is 0.680.